The topological polar surface area (TPSA) is 63.7 Å². The Labute approximate surface area is 125 Å². The Balaban J connectivity index is 1.74. The molecule has 0 spiro atoms. The molecule has 2 aliphatic rings. The minimum absolute atomic E-state index is 0.124. The lowest BCUT2D eigenvalue weighted by Crippen LogP contribution is -2.57. The van der Waals surface area contributed by atoms with E-state index in [9.17, 15) is 13.8 Å². The van der Waals surface area contributed by atoms with E-state index in [0.29, 0.717) is 0 Å². The van der Waals surface area contributed by atoms with Crippen molar-refractivity contribution in [3.8, 4) is 0 Å². The van der Waals surface area contributed by atoms with Crippen molar-refractivity contribution >= 4 is 22.7 Å². The molecule has 0 saturated carbocycles. The van der Waals surface area contributed by atoms with E-state index in [1.807, 2.05) is 30.3 Å². The summed E-state index contributed by atoms with van der Waals surface area (Å²) in [5, 5.41) is -0.332. The van der Waals surface area contributed by atoms with Gasteiger partial charge in [0, 0.05) is 0 Å². The van der Waals surface area contributed by atoms with E-state index in [1.54, 1.807) is 13.8 Å². The number of benzene rings is 1. The molecule has 0 aliphatic carbocycles. The molecular formula is C15H17NO4S. The maximum atomic E-state index is 12.4. The lowest BCUT2D eigenvalue weighted by Gasteiger charge is -2.36. The molecule has 6 heteroatoms. The highest BCUT2D eigenvalue weighted by Crippen LogP contribution is 2.43. The van der Waals surface area contributed by atoms with Crippen LogP contribution in [-0.4, -0.2) is 37.1 Å². The molecule has 0 bridgehead atoms. The number of β-lactam (4-membered cyclic amide) rings is 1. The third-order valence-corrected chi connectivity index (χ3v) is 6.25. The Morgan fingerprint density at radius 2 is 2.05 bits per heavy atom. The van der Waals surface area contributed by atoms with Crippen molar-refractivity contribution in [2.45, 2.75) is 43.0 Å². The van der Waals surface area contributed by atoms with E-state index in [-0.39, 0.29) is 24.3 Å². The summed E-state index contributed by atoms with van der Waals surface area (Å²) in [6.45, 7) is 3.66. The molecule has 112 valence electrons. The second kappa shape index (κ2) is 4.94. The minimum Gasteiger partial charge on any atom is -0.459 e. The molecule has 0 radical (unpaired) electrons. The Morgan fingerprint density at radius 3 is 2.67 bits per heavy atom. The molecule has 2 fully saturated rings. The maximum absolute atomic E-state index is 12.4. The summed E-state index contributed by atoms with van der Waals surface area (Å²) in [5.74, 6) is -0.603. The highest BCUT2D eigenvalue weighted by Gasteiger charge is 2.63. The van der Waals surface area contributed by atoms with Gasteiger partial charge in [-0.05, 0) is 19.4 Å². The van der Waals surface area contributed by atoms with Crippen molar-refractivity contribution in [3.63, 3.8) is 0 Å². The number of rotatable bonds is 3. The second-order valence-corrected chi connectivity index (χ2v) is 8.05. The first-order chi connectivity index (χ1) is 9.93. The predicted molar refractivity (Wildman–Crippen MR) is 77.5 cm³/mol. The monoisotopic (exact) mass is 307 g/mol. The van der Waals surface area contributed by atoms with E-state index >= 15 is 0 Å². The van der Waals surface area contributed by atoms with E-state index in [1.165, 1.54) is 4.90 Å². The van der Waals surface area contributed by atoms with Gasteiger partial charge >= 0.3 is 5.97 Å². The fourth-order valence-electron chi connectivity index (χ4n) is 2.89. The van der Waals surface area contributed by atoms with Crippen molar-refractivity contribution < 1.29 is 18.5 Å². The van der Waals surface area contributed by atoms with Crippen LogP contribution in [0.1, 0.15) is 25.8 Å². The summed E-state index contributed by atoms with van der Waals surface area (Å²) in [6, 6.07) is 8.59. The minimum atomic E-state index is -1.24. The SMILES string of the molecule is CC1(C)C(C(=O)OCc2ccccc2)N2C(=O)C[C@H]2S1=O. The molecular weight excluding hydrogens is 290 g/mol. The first kappa shape index (κ1) is 14.3. The molecule has 2 saturated heterocycles. The fourth-order valence-corrected chi connectivity index (χ4v) is 4.76. The first-order valence-electron chi connectivity index (χ1n) is 6.85. The van der Waals surface area contributed by atoms with E-state index < -0.39 is 27.6 Å². The zero-order valence-corrected chi connectivity index (χ0v) is 12.8. The highest BCUT2D eigenvalue weighted by molar-refractivity contribution is 7.87. The largest absolute Gasteiger partial charge is 0.459 e. The number of nitrogens with zero attached hydrogens (tertiary/aromatic N) is 1. The molecule has 1 aromatic rings. The Kier molecular flexibility index (Phi) is 3.36. The standard InChI is InChI=1S/C15H17NO4S/c1-15(2)13(16-11(17)8-12(16)21(15)19)14(18)20-9-10-6-4-3-5-7-10/h3-7,12-13H,8-9H2,1-2H3/t12-,13?,21?/m1/s1. The normalized spacial score (nSPS) is 29.7. The lowest BCUT2D eigenvalue weighted by molar-refractivity contribution is -0.162. The zero-order valence-electron chi connectivity index (χ0n) is 11.9. The molecule has 0 aromatic heterocycles. The van der Waals surface area contributed by atoms with Gasteiger partial charge in [-0.1, -0.05) is 30.3 Å². The number of esters is 1. The van der Waals surface area contributed by atoms with Gasteiger partial charge in [-0.2, -0.15) is 0 Å². The molecule has 5 nitrogen and oxygen atoms in total. The molecule has 2 heterocycles. The number of fused-ring (bicyclic) bond motifs is 1. The van der Waals surface area contributed by atoms with Gasteiger partial charge < -0.3 is 9.64 Å². The molecule has 2 unspecified atom stereocenters. The molecule has 2 aliphatic heterocycles. The Morgan fingerprint density at radius 1 is 1.38 bits per heavy atom. The van der Waals surface area contributed by atoms with E-state index in [0.717, 1.165) is 5.56 Å². The number of hydrogen-bond donors (Lipinski definition) is 0. The third-order valence-electron chi connectivity index (χ3n) is 4.10. The van der Waals surface area contributed by atoms with Crippen LogP contribution in [0.3, 0.4) is 0 Å². The summed E-state index contributed by atoms with van der Waals surface area (Å²) >= 11 is 0. The lowest BCUT2D eigenvalue weighted by atomic mass is 9.98. The van der Waals surface area contributed by atoms with Gasteiger partial charge in [0.15, 0.2) is 0 Å². The van der Waals surface area contributed by atoms with Crippen molar-refractivity contribution in [1.29, 1.82) is 0 Å². The molecule has 21 heavy (non-hydrogen) atoms. The average molecular weight is 307 g/mol. The third kappa shape index (κ3) is 2.18. The van der Waals surface area contributed by atoms with Crippen LogP contribution in [0.25, 0.3) is 0 Å². The van der Waals surface area contributed by atoms with E-state index in [4.69, 9.17) is 4.74 Å². The first-order valence-corrected chi connectivity index (χ1v) is 8.06. The molecule has 1 amide bonds. The Bertz CT molecular complexity index is 613. The number of amides is 1. The molecule has 0 N–H and O–H groups in total. The summed E-state index contributed by atoms with van der Waals surface area (Å²) in [5.41, 5.74) is 0.884. The van der Waals surface area contributed by atoms with E-state index in [2.05, 4.69) is 0 Å². The zero-order chi connectivity index (χ0) is 15.2. The van der Waals surface area contributed by atoms with Crippen LogP contribution in [0, 0.1) is 0 Å². The van der Waals surface area contributed by atoms with Crippen LogP contribution >= 0.6 is 0 Å². The number of ether oxygens (including phenoxy) is 1. The Hall–Kier alpha value is -1.69. The van der Waals surface area contributed by atoms with Crippen molar-refractivity contribution in [1.82, 2.24) is 4.90 Å². The van der Waals surface area contributed by atoms with Gasteiger partial charge in [0.05, 0.1) is 22.0 Å². The molecule has 1 aromatic carbocycles. The van der Waals surface area contributed by atoms with Crippen LogP contribution in [0.2, 0.25) is 0 Å². The maximum Gasteiger partial charge on any atom is 0.330 e. The average Bonchev–Trinajstić information content (AvgIpc) is 2.63. The summed E-state index contributed by atoms with van der Waals surface area (Å²) in [4.78, 5) is 25.5. The molecule has 3 atom stereocenters. The number of hydrogen-bond acceptors (Lipinski definition) is 4. The van der Waals surface area contributed by atoms with Gasteiger partial charge in [0.25, 0.3) is 0 Å². The van der Waals surface area contributed by atoms with Crippen LogP contribution in [0.4, 0.5) is 0 Å². The summed E-state index contributed by atoms with van der Waals surface area (Å²) in [6.07, 6.45) is 0.262. The molecule has 3 rings (SSSR count). The van der Waals surface area contributed by atoms with Gasteiger partial charge in [0.1, 0.15) is 18.0 Å². The van der Waals surface area contributed by atoms with Crippen LogP contribution in [-0.2, 0) is 31.7 Å². The van der Waals surface area contributed by atoms with Gasteiger partial charge in [-0.3, -0.25) is 9.00 Å². The van der Waals surface area contributed by atoms with Crippen molar-refractivity contribution in [2.75, 3.05) is 0 Å². The number of carbonyl (C=O) groups excluding carboxylic acids is 2. The van der Waals surface area contributed by atoms with Gasteiger partial charge in [-0.25, -0.2) is 4.79 Å². The van der Waals surface area contributed by atoms with Gasteiger partial charge in [0.2, 0.25) is 5.91 Å². The van der Waals surface area contributed by atoms with Crippen LogP contribution < -0.4 is 0 Å². The predicted octanol–water partition coefficient (Wildman–Crippen LogP) is 1.20. The second-order valence-electron chi connectivity index (χ2n) is 5.86. The summed E-state index contributed by atoms with van der Waals surface area (Å²) in [7, 11) is -1.24. The summed E-state index contributed by atoms with van der Waals surface area (Å²) < 4.78 is 16.9. The van der Waals surface area contributed by atoms with Gasteiger partial charge in [-0.15, -0.1) is 0 Å². The van der Waals surface area contributed by atoms with Crippen molar-refractivity contribution in [3.05, 3.63) is 35.9 Å². The fraction of sp³-hybridized carbons (Fsp3) is 0.467. The van der Waals surface area contributed by atoms with Crippen LogP contribution in [0.15, 0.2) is 30.3 Å². The quantitative estimate of drug-likeness (QED) is 0.622. The smallest absolute Gasteiger partial charge is 0.330 e. The number of carbonyl (C=O) groups is 2. The van der Waals surface area contributed by atoms with Crippen LogP contribution in [0.5, 0.6) is 0 Å². The highest BCUT2D eigenvalue weighted by atomic mass is 32.2. The van der Waals surface area contributed by atoms with Crippen molar-refractivity contribution in [2.24, 2.45) is 0 Å².